The van der Waals surface area contributed by atoms with Crippen molar-refractivity contribution in [2.45, 2.75) is 24.8 Å². The van der Waals surface area contributed by atoms with Crippen molar-refractivity contribution >= 4 is 31.9 Å². The van der Waals surface area contributed by atoms with E-state index >= 15 is 0 Å². The first-order valence-electron chi connectivity index (χ1n) is 5.21. The SMILES string of the molecule is C#CC(C)NS(=O)(=O)c1cc(Br)c(C)c(C(=O)O)c1. The number of carboxylic acids is 1. The van der Waals surface area contributed by atoms with Gasteiger partial charge in [-0.05, 0) is 31.5 Å². The van der Waals surface area contributed by atoms with Gasteiger partial charge >= 0.3 is 5.97 Å². The van der Waals surface area contributed by atoms with Crippen LogP contribution in [0.1, 0.15) is 22.8 Å². The van der Waals surface area contributed by atoms with Crippen LogP contribution in [0.15, 0.2) is 21.5 Å². The zero-order chi connectivity index (χ0) is 14.8. The lowest BCUT2D eigenvalue weighted by Crippen LogP contribution is -2.31. The molecular formula is C12H12BrNO4S. The molecule has 0 amide bonds. The van der Waals surface area contributed by atoms with Crippen LogP contribution in [0.4, 0.5) is 0 Å². The molecule has 1 rings (SSSR count). The van der Waals surface area contributed by atoms with Crippen molar-refractivity contribution in [3.63, 3.8) is 0 Å². The Labute approximate surface area is 120 Å². The predicted octanol–water partition coefficient (Wildman–Crippen LogP) is 1.76. The molecule has 0 saturated heterocycles. The van der Waals surface area contributed by atoms with E-state index in [0.717, 1.165) is 6.07 Å². The van der Waals surface area contributed by atoms with E-state index in [0.29, 0.717) is 10.0 Å². The summed E-state index contributed by atoms with van der Waals surface area (Å²) < 4.78 is 26.7. The van der Waals surface area contributed by atoms with Crippen molar-refractivity contribution < 1.29 is 18.3 Å². The molecule has 102 valence electrons. The summed E-state index contributed by atoms with van der Waals surface area (Å²) in [6.45, 7) is 3.10. The van der Waals surface area contributed by atoms with E-state index in [4.69, 9.17) is 11.5 Å². The van der Waals surface area contributed by atoms with Gasteiger partial charge in [0.1, 0.15) is 0 Å². The minimum absolute atomic E-state index is 0.0805. The van der Waals surface area contributed by atoms with Crippen LogP contribution in [0.2, 0.25) is 0 Å². The van der Waals surface area contributed by atoms with Gasteiger partial charge in [0.15, 0.2) is 0 Å². The Kier molecular flexibility index (Phi) is 4.74. The summed E-state index contributed by atoms with van der Waals surface area (Å²) in [5.41, 5.74) is 0.375. The molecule has 0 aliphatic heterocycles. The number of rotatable bonds is 4. The number of carboxylic acid groups (broad SMARTS) is 1. The van der Waals surface area contributed by atoms with Crippen LogP contribution in [0, 0.1) is 19.3 Å². The Balaban J connectivity index is 3.37. The van der Waals surface area contributed by atoms with Crippen molar-refractivity contribution in [3.8, 4) is 12.3 Å². The molecule has 0 fully saturated rings. The molecule has 1 aromatic rings. The maximum Gasteiger partial charge on any atom is 0.336 e. The average Bonchev–Trinajstić information content (AvgIpc) is 2.31. The van der Waals surface area contributed by atoms with Crippen LogP contribution in [0.3, 0.4) is 0 Å². The highest BCUT2D eigenvalue weighted by atomic mass is 79.9. The molecule has 0 bridgehead atoms. The second-order valence-corrected chi connectivity index (χ2v) is 6.46. The highest BCUT2D eigenvalue weighted by molar-refractivity contribution is 9.10. The van der Waals surface area contributed by atoms with Crippen molar-refractivity contribution in [2.75, 3.05) is 0 Å². The molecule has 0 aromatic heterocycles. The highest BCUT2D eigenvalue weighted by Crippen LogP contribution is 2.25. The van der Waals surface area contributed by atoms with Gasteiger partial charge in [0.2, 0.25) is 10.0 Å². The molecule has 1 aromatic carbocycles. The number of aromatic carboxylic acids is 1. The quantitative estimate of drug-likeness (QED) is 0.814. The third kappa shape index (κ3) is 3.56. The summed E-state index contributed by atoms with van der Waals surface area (Å²) in [6.07, 6.45) is 5.11. The van der Waals surface area contributed by atoms with Crippen LogP contribution >= 0.6 is 15.9 Å². The standard InChI is InChI=1S/C12H12BrNO4S/c1-4-7(2)14-19(17,18)9-5-10(12(15)16)8(3)11(13)6-9/h1,5-7,14H,2-3H3,(H,15,16). The molecule has 2 N–H and O–H groups in total. The smallest absolute Gasteiger partial charge is 0.336 e. The van der Waals surface area contributed by atoms with Crippen molar-refractivity contribution in [3.05, 3.63) is 27.7 Å². The molecule has 0 aliphatic rings. The first-order chi connectivity index (χ1) is 8.69. The van der Waals surface area contributed by atoms with E-state index in [2.05, 4.69) is 26.6 Å². The lowest BCUT2D eigenvalue weighted by atomic mass is 10.1. The van der Waals surface area contributed by atoms with Gasteiger partial charge in [0, 0.05) is 4.47 Å². The van der Waals surface area contributed by atoms with Gasteiger partial charge in [-0.15, -0.1) is 6.42 Å². The molecule has 7 heteroatoms. The average molecular weight is 346 g/mol. The molecule has 1 atom stereocenters. The van der Waals surface area contributed by atoms with Crippen molar-refractivity contribution in [1.82, 2.24) is 4.72 Å². The molecule has 1 unspecified atom stereocenters. The topological polar surface area (TPSA) is 83.5 Å². The molecule has 0 aliphatic carbocycles. The summed E-state index contributed by atoms with van der Waals surface area (Å²) in [6, 6.07) is 1.76. The van der Waals surface area contributed by atoms with Gasteiger partial charge in [-0.1, -0.05) is 21.9 Å². The molecule has 5 nitrogen and oxygen atoms in total. The van der Waals surface area contributed by atoms with Crippen LogP contribution in [-0.4, -0.2) is 25.5 Å². The second kappa shape index (κ2) is 5.74. The Bertz CT molecular complexity index is 661. The van der Waals surface area contributed by atoms with Gasteiger partial charge in [-0.3, -0.25) is 0 Å². The van der Waals surface area contributed by atoms with E-state index in [9.17, 15) is 13.2 Å². The van der Waals surface area contributed by atoms with Crippen LogP contribution < -0.4 is 4.72 Å². The number of terminal acetylenes is 1. The van der Waals surface area contributed by atoms with Crippen LogP contribution in [0.25, 0.3) is 0 Å². The first kappa shape index (κ1) is 15.7. The number of nitrogens with one attached hydrogen (secondary N) is 1. The van der Waals surface area contributed by atoms with E-state index < -0.39 is 22.0 Å². The van der Waals surface area contributed by atoms with Gasteiger partial charge in [-0.25, -0.2) is 13.2 Å². The second-order valence-electron chi connectivity index (χ2n) is 3.89. The van der Waals surface area contributed by atoms with Crippen molar-refractivity contribution in [2.24, 2.45) is 0 Å². The Hall–Kier alpha value is -1.36. The molecular weight excluding hydrogens is 334 g/mol. The number of sulfonamides is 1. The van der Waals surface area contributed by atoms with Crippen molar-refractivity contribution in [1.29, 1.82) is 0 Å². The lowest BCUT2D eigenvalue weighted by Gasteiger charge is -2.11. The normalized spacial score (nSPS) is 12.7. The third-order valence-corrected chi connectivity index (χ3v) is 4.78. The van der Waals surface area contributed by atoms with Gasteiger partial charge < -0.3 is 5.11 Å². The number of hydrogen-bond donors (Lipinski definition) is 2. The number of halogens is 1. The Morgan fingerprint density at radius 2 is 2.11 bits per heavy atom. The number of carbonyl (C=O) groups is 1. The molecule has 19 heavy (non-hydrogen) atoms. The van der Waals surface area contributed by atoms with Gasteiger partial charge in [0.05, 0.1) is 16.5 Å². The third-order valence-electron chi connectivity index (χ3n) is 2.44. The highest BCUT2D eigenvalue weighted by Gasteiger charge is 2.21. The summed E-state index contributed by atoms with van der Waals surface area (Å²) in [5, 5.41) is 9.04. The van der Waals surface area contributed by atoms with E-state index in [1.807, 2.05) is 0 Å². The number of hydrogen-bond acceptors (Lipinski definition) is 3. The molecule has 0 heterocycles. The monoisotopic (exact) mass is 345 g/mol. The summed E-state index contributed by atoms with van der Waals surface area (Å²) >= 11 is 3.15. The number of benzene rings is 1. The molecule has 0 radical (unpaired) electrons. The maximum atomic E-state index is 12.0. The Morgan fingerprint density at radius 1 is 1.53 bits per heavy atom. The van der Waals surface area contributed by atoms with Crippen LogP contribution in [-0.2, 0) is 10.0 Å². The summed E-state index contributed by atoms with van der Waals surface area (Å²) in [4.78, 5) is 10.9. The summed E-state index contributed by atoms with van der Waals surface area (Å²) in [7, 11) is -3.85. The Morgan fingerprint density at radius 3 is 2.58 bits per heavy atom. The van der Waals surface area contributed by atoms with Gasteiger partial charge in [0.25, 0.3) is 0 Å². The summed E-state index contributed by atoms with van der Waals surface area (Å²) in [5.74, 6) is 1.04. The molecule has 0 saturated carbocycles. The zero-order valence-corrected chi connectivity index (χ0v) is 12.7. The first-order valence-corrected chi connectivity index (χ1v) is 7.48. The predicted molar refractivity (Wildman–Crippen MR) is 74.5 cm³/mol. The van der Waals surface area contributed by atoms with E-state index in [1.165, 1.54) is 13.0 Å². The fraction of sp³-hybridized carbons (Fsp3) is 0.250. The van der Waals surface area contributed by atoms with E-state index in [1.54, 1.807) is 6.92 Å². The zero-order valence-electron chi connectivity index (χ0n) is 10.3. The van der Waals surface area contributed by atoms with Crippen LogP contribution in [0.5, 0.6) is 0 Å². The lowest BCUT2D eigenvalue weighted by molar-refractivity contribution is 0.0695. The fourth-order valence-corrected chi connectivity index (χ4v) is 3.19. The minimum Gasteiger partial charge on any atom is -0.478 e. The van der Waals surface area contributed by atoms with Gasteiger partial charge in [-0.2, -0.15) is 4.72 Å². The fourth-order valence-electron chi connectivity index (χ4n) is 1.37. The van der Waals surface area contributed by atoms with E-state index in [-0.39, 0.29) is 10.5 Å². The largest absolute Gasteiger partial charge is 0.478 e. The minimum atomic E-state index is -3.85. The molecule has 0 spiro atoms. The maximum absolute atomic E-state index is 12.0.